The maximum atomic E-state index is 13.7. The summed E-state index contributed by atoms with van der Waals surface area (Å²) in [6.45, 7) is 3.53. The number of rotatable bonds is 6. The normalized spacial score (nSPS) is 10.6. The second-order valence-corrected chi connectivity index (χ2v) is 4.43. The van der Waals surface area contributed by atoms with E-state index in [1.807, 2.05) is 6.92 Å². The minimum absolute atomic E-state index is 0.00668. The number of nitrogens with one attached hydrogen (secondary N) is 1. The average Bonchev–Trinajstić information content (AvgIpc) is 2.46. The smallest absolute Gasteiger partial charge is 0.165 e. The number of hydrogen-bond donors (Lipinski definition) is 1. The highest BCUT2D eigenvalue weighted by Gasteiger charge is 2.07. The fourth-order valence-electron chi connectivity index (χ4n) is 1.84. The highest BCUT2D eigenvalue weighted by molar-refractivity contribution is 5.27. The lowest BCUT2D eigenvalue weighted by Gasteiger charge is -2.10. The van der Waals surface area contributed by atoms with Gasteiger partial charge in [0.05, 0.1) is 0 Å². The summed E-state index contributed by atoms with van der Waals surface area (Å²) in [5.74, 6) is -0.665. The monoisotopic (exact) mass is 277 g/mol. The summed E-state index contributed by atoms with van der Waals surface area (Å²) in [5, 5.41) is 3.17. The van der Waals surface area contributed by atoms with Crippen LogP contribution >= 0.6 is 0 Å². The average molecular weight is 277 g/mol. The predicted octanol–water partition coefficient (Wildman–Crippen LogP) is 3.65. The fraction of sp³-hybridized carbons (Fsp3) is 0.250. The van der Waals surface area contributed by atoms with Crippen LogP contribution in [0.15, 0.2) is 42.5 Å². The molecule has 0 aliphatic rings. The molecule has 2 rings (SSSR count). The van der Waals surface area contributed by atoms with Crippen molar-refractivity contribution in [2.75, 3.05) is 6.54 Å². The Labute approximate surface area is 117 Å². The maximum Gasteiger partial charge on any atom is 0.165 e. The van der Waals surface area contributed by atoms with Gasteiger partial charge in [-0.1, -0.05) is 25.1 Å². The van der Waals surface area contributed by atoms with E-state index in [1.165, 1.54) is 18.2 Å². The highest BCUT2D eigenvalue weighted by Crippen LogP contribution is 2.18. The molecule has 0 aromatic heterocycles. The Morgan fingerprint density at radius 3 is 2.60 bits per heavy atom. The number of ether oxygens (including phenoxy) is 1. The second-order valence-electron chi connectivity index (χ2n) is 4.43. The van der Waals surface area contributed by atoms with Gasteiger partial charge in [-0.15, -0.1) is 0 Å². The van der Waals surface area contributed by atoms with Crippen molar-refractivity contribution in [2.24, 2.45) is 0 Å². The van der Waals surface area contributed by atoms with Gasteiger partial charge in [0.2, 0.25) is 0 Å². The molecule has 0 fully saturated rings. The van der Waals surface area contributed by atoms with Gasteiger partial charge < -0.3 is 10.1 Å². The molecule has 0 atom stereocenters. The van der Waals surface area contributed by atoms with Gasteiger partial charge in [0.15, 0.2) is 11.6 Å². The van der Waals surface area contributed by atoms with Crippen molar-refractivity contribution in [2.45, 2.75) is 20.1 Å². The molecule has 20 heavy (non-hydrogen) atoms. The first-order valence-electron chi connectivity index (χ1n) is 6.56. The molecule has 0 amide bonds. The third-order valence-electron chi connectivity index (χ3n) is 2.91. The summed E-state index contributed by atoms with van der Waals surface area (Å²) in [5.41, 5.74) is 1.39. The topological polar surface area (TPSA) is 21.3 Å². The molecule has 2 aromatic rings. The Balaban J connectivity index is 2.07. The molecule has 0 aliphatic heterocycles. The summed E-state index contributed by atoms with van der Waals surface area (Å²) < 4.78 is 32.4. The first-order chi connectivity index (χ1) is 9.70. The Hall–Kier alpha value is -1.94. The van der Waals surface area contributed by atoms with Crippen LogP contribution < -0.4 is 10.1 Å². The van der Waals surface area contributed by atoms with Crippen LogP contribution in [0.2, 0.25) is 0 Å². The summed E-state index contributed by atoms with van der Waals surface area (Å²) >= 11 is 0. The van der Waals surface area contributed by atoms with Crippen molar-refractivity contribution in [1.82, 2.24) is 5.32 Å². The van der Waals surface area contributed by atoms with Crippen LogP contribution in [0.3, 0.4) is 0 Å². The lowest BCUT2D eigenvalue weighted by Crippen LogP contribution is -2.12. The molecule has 106 valence electrons. The van der Waals surface area contributed by atoms with Crippen LogP contribution in [0.5, 0.6) is 5.75 Å². The quantitative estimate of drug-likeness (QED) is 0.870. The van der Waals surface area contributed by atoms with E-state index < -0.39 is 5.82 Å². The SMILES string of the molecule is CCNCc1ccc(F)c(COc2ccccc2F)c1. The molecule has 0 unspecified atom stereocenters. The van der Waals surface area contributed by atoms with Gasteiger partial charge in [-0.2, -0.15) is 0 Å². The van der Waals surface area contributed by atoms with Crippen molar-refractivity contribution in [1.29, 1.82) is 0 Å². The van der Waals surface area contributed by atoms with Gasteiger partial charge in [-0.3, -0.25) is 0 Å². The van der Waals surface area contributed by atoms with Gasteiger partial charge in [0, 0.05) is 12.1 Å². The van der Waals surface area contributed by atoms with E-state index in [1.54, 1.807) is 24.3 Å². The summed E-state index contributed by atoms with van der Waals surface area (Å²) in [6, 6.07) is 11.0. The molecule has 0 spiro atoms. The summed E-state index contributed by atoms with van der Waals surface area (Å²) in [4.78, 5) is 0. The molecule has 4 heteroatoms. The van der Waals surface area contributed by atoms with E-state index in [-0.39, 0.29) is 18.2 Å². The van der Waals surface area contributed by atoms with E-state index in [9.17, 15) is 8.78 Å². The minimum atomic E-state index is -0.447. The molecule has 0 bridgehead atoms. The number of halogens is 2. The standard InChI is InChI=1S/C16H17F2NO/c1-2-19-10-12-7-8-14(17)13(9-12)11-20-16-6-4-3-5-15(16)18/h3-9,19H,2,10-11H2,1H3. The molecule has 0 radical (unpaired) electrons. The molecule has 0 aliphatic carbocycles. The van der Waals surface area contributed by atoms with Crippen LogP contribution in [0.25, 0.3) is 0 Å². The highest BCUT2D eigenvalue weighted by atomic mass is 19.1. The van der Waals surface area contributed by atoms with Crippen LogP contribution in [0, 0.1) is 11.6 Å². The minimum Gasteiger partial charge on any atom is -0.486 e. The summed E-state index contributed by atoms with van der Waals surface area (Å²) in [7, 11) is 0. The Kier molecular flexibility index (Phi) is 5.07. The molecule has 2 nitrogen and oxygen atoms in total. The number of benzene rings is 2. The van der Waals surface area contributed by atoms with Crippen LogP contribution in [0.4, 0.5) is 8.78 Å². The van der Waals surface area contributed by atoms with Crippen LogP contribution in [-0.4, -0.2) is 6.54 Å². The maximum absolute atomic E-state index is 13.7. The molecule has 0 saturated heterocycles. The first kappa shape index (κ1) is 14.5. The van der Waals surface area contributed by atoms with Crippen LogP contribution in [0.1, 0.15) is 18.1 Å². The van der Waals surface area contributed by atoms with Crippen molar-refractivity contribution < 1.29 is 13.5 Å². The zero-order valence-electron chi connectivity index (χ0n) is 11.3. The van der Waals surface area contributed by atoms with Crippen molar-refractivity contribution in [3.05, 3.63) is 65.2 Å². The van der Waals surface area contributed by atoms with Crippen LogP contribution in [-0.2, 0) is 13.2 Å². The van der Waals surface area contributed by atoms with Crippen molar-refractivity contribution >= 4 is 0 Å². The molecule has 2 aromatic carbocycles. The molecular weight excluding hydrogens is 260 g/mol. The number of para-hydroxylation sites is 1. The molecule has 1 N–H and O–H groups in total. The zero-order chi connectivity index (χ0) is 14.4. The Morgan fingerprint density at radius 2 is 1.85 bits per heavy atom. The van der Waals surface area contributed by atoms with E-state index in [4.69, 9.17) is 4.74 Å². The van der Waals surface area contributed by atoms with Crippen molar-refractivity contribution in [3.63, 3.8) is 0 Å². The van der Waals surface area contributed by atoms with Gasteiger partial charge in [0.25, 0.3) is 0 Å². The zero-order valence-corrected chi connectivity index (χ0v) is 11.3. The fourth-order valence-corrected chi connectivity index (χ4v) is 1.84. The lowest BCUT2D eigenvalue weighted by molar-refractivity contribution is 0.284. The lowest BCUT2D eigenvalue weighted by atomic mass is 10.1. The summed E-state index contributed by atoms with van der Waals surface area (Å²) in [6.07, 6.45) is 0. The van der Waals surface area contributed by atoms with Gasteiger partial charge in [0.1, 0.15) is 12.4 Å². The third-order valence-corrected chi connectivity index (χ3v) is 2.91. The predicted molar refractivity (Wildman–Crippen MR) is 74.5 cm³/mol. The van der Waals surface area contributed by atoms with E-state index >= 15 is 0 Å². The van der Waals surface area contributed by atoms with Gasteiger partial charge in [-0.25, -0.2) is 8.78 Å². The second kappa shape index (κ2) is 7.01. The molecule has 0 heterocycles. The van der Waals surface area contributed by atoms with Gasteiger partial charge >= 0.3 is 0 Å². The Morgan fingerprint density at radius 1 is 1.05 bits per heavy atom. The molecular formula is C16H17F2NO. The van der Waals surface area contributed by atoms with E-state index in [0.717, 1.165) is 12.1 Å². The van der Waals surface area contributed by atoms with Gasteiger partial charge in [-0.05, 0) is 36.4 Å². The third kappa shape index (κ3) is 3.78. The van der Waals surface area contributed by atoms with E-state index in [0.29, 0.717) is 12.1 Å². The first-order valence-corrected chi connectivity index (χ1v) is 6.56. The van der Waals surface area contributed by atoms with E-state index in [2.05, 4.69) is 5.32 Å². The molecule has 0 saturated carbocycles. The number of hydrogen-bond acceptors (Lipinski definition) is 2. The van der Waals surface area contributed by atoms with Crippen molar-refractivity contribution in [3.8, 4) is 5.75 Å². The largest absolute Gasteiger partial charge is 0.486 e. The Bertz CT molecular complexity index is 572.